The number of anilines is 4. The second-order valence-electron chi connectivity index (χ2n) is 16.2. The molecule has 312 valence electrons. The molecule has 7 heterocycles. The van der Waals surface area contributed by atoms with E-state index < -0.39 is 24.1 Å². The van der Waals surface area contributed by atoms with Crippen molar-refractivity contribution in [3.05, 3.63) is 59.1 Å². The van der Waals surface area contributed by atoms with Gasteiger partial charge in [0, 0.05) is 95.2 Å². The predicted molar refractivity (Wildman–Crippen MR) is 217 cm³/mol. The molecule has 1 aromatic carbocycles. The van der Waals surface area contributed by atoms with Crippen molar-refractivity contribution >= 4 is 63.8 Å². The average Bonchev–Trinajstić information content (AvgIpc) is 4.04. The van der Waals surface area contributed by atoms with Gasteiger partial charge in [-0.15, -0.1) is 0 Å². The molecule has 2 bridgehead atoms. The van der Waals surface area contributed by atoms with E-state index in [1.807, 2.05) is 18.2 Å². The smallest absolute Gasteiger partial charge is 0.328 e. The van der Waals surface area contributed by atoms with E-state index in [1.54, 1.807) is 16.9 Å². The molecule has 59 heavy (non-hydrogen) atoms. The number of ketones is 1. The summed E-state index contributed by atoms with van der Waals surface area (Å²) in [4.78, 5) is 65.1. The summed E-state index contributed by atoms with van der Waals surface area (Å²) in [5, 5.41) is 14.0. The summed E-state index contributed by atoms with van der Waals surface area (Å²) in [7, 11) is 0. The fourth-order valence-corrected chi connectivity index (χ4v) is 9.47. The standard InChI is InChI=1S/C40H47ClF2N12O4/c41-30-4-3-27(20-32(30)52-13-8-35(57)47-40(52)59)51-17-15-50(16-18-51)10-2-1-9-49-11-5-26(6-12-49)55-24-31(36(48-55)37(42)43)45-39(58)29-22-44-54-14-7-34(46-38(29)54)53-23-25-19-28(53)21-33(25)56/h3-4,7,14,20,22,24-26,28,37H,1-2,5-6,8-13,15-19,21,23H2,(H,45,58)(H,47,57,59)/t25-,28-/m1/s1. The second-order valence-corrected chi connectivity index (χ2v) is 16.6. The molecule has 4 saturated heterocycles. The van der Waals surface area contributed by atoms with Gasteiger partial charge in [0.05, 0.1) is 28.6 Å². The summed E-state index contributed by atoms with van der Waals surface area (Å²) in [6.07, 6.45) is 6.93. The van der Waals surface area contributed by atoms with Gasteiger partial charge in [-0.3, -0.25) is 34.2 Å². The number of carbonyl (C=O) groups is 4. The first kappa shape index (κ1) is 39.3. The molecule has 0 radical (unpaired) electrons. The van der Waals surface area contributed by atoms with Gasteiger partial charge >= 0.3 is 6.03 Å². The number of halogens is 3. The van der Waals surface area contributed by atoms with Gasteiger partial charge in [-0.1, -0.05) is 11.6 Å². The molecule has 5 fully saturated rings. The van der Waals surface area contributed by atoms with Crippen molar-refractivity contribution in [1.29, 1.82) is 0 Å². The first-order valence-electron chi connectivity index (χ1n) is 20.5. The van der Waals surface area contributed by atoms with E-state index in [0.29, 0.717) is 41.7 Å². The zero-order chi connectivity index (χ0) is 40.8. The van der Waals surface area contributed by atoms with Crippen LogP contribution in [-0.2, 0) is 9.59 Å². The normalized spacial score (nSPS) is 22.0. The van der Waals surface area contributed by atoms with Crippen molar-refractivity contribution in [3.8, 4) is 0 Å². The minimum atomic E-state index is -2.87. The molecule has 5 aliphatic rings. The number of urea groups is 1. The molecule has 0 spiro atoms. The van der Waals surface area contributed by atoms with Crippen molar-refractivity contribution < 1.29 is 28.0 Å². The molecule has 3 aromatic heterocycles. The van der Waals surface area contributed by atoms with Crippen LogP contribution in [0.1, 0.15) is 73.5 Å². The maximum atomic E-state index is 14.2. The van der Waals surface area contributed by atoms with Gasteiger partial charge in [-0.05, 0) is 69.5 Å². The highest BCUT2D eigenvalue weighted by atomic mass is 35.5. The summed E-state index contributed by atoms with van der Waals surface area (Å²) in [6, 6.07) is 7.11. The van der Waals surface area contributed by atoms with Gasteiger partial charge < -0.3 is 20.0 Å². The van der Waals surface area contributed by atoms with Crippen LogP contribution in [-0.4, -0.2) is 129 Å². The van der Waals surface area contributed by atoms with Crippen LogP contribution in [0.2, 0.25) is 5.02 Å². The quantitative estimate of drug-likeness (QED) is 0.192. The Kier molecular flexibility index (Phi) is 11.0. The van der Waals surface area contributed by atoms with Gasteiger partial charge in [-0.2, -0.15) is 10.2 Å². The summed E-state index contributed by atoms with van der Waals surface area (Å²) in [5.74, 6) is 0.0847. The van der Waals surface area contributed by atoms with Crippen molar-refractivity contribution in [2.45, 2.75) is 63.5 Å². The minimum absolute atomic E-state index is 0.0149. The van der Waals surface area contributed by atoms with E-state index in [-0.39, 0.29) is 47.4 Å². The zero-order valence-electron chi connectivity index (χ0n) is 32.6. The predicted octanol–water partition coefficient (Wildman–Crippen LogP) is 4.62. The lowest BCUT2D eigenvalue weighted by molar-refractivity contribution is -0.121. The number of fused-ring (bicyclic) bond motifs is 3. The molecule has 0 unspecified atom stereocenters. The molecule has 16 nitrogen and oxygen atoms in total. The number of Topliss-reactive ketones (excluding diaryl/α,β-unsaturated/α-hetero) is 1. The van der Waals surface area contributed by atoms with Gasteiger partial charge in [-0.25, -0.2) is 23.1 Å². The molecule has 9 rings (SSSR count). The number of hydrogen-bond donors (Lipinski definition) is 2. The molecule has 1 aliphatic carbocycles. The molecular weight excluding hydrogens is 786 g/mol. The molecule has 4 aliphatic heterocycles. The van der Waals surface area contributed by atoms with Crippen LogP contribution in [0.15, 0.2) is 42.9 Å². The van der Waals surface area contributed by atoms with Gasteiger partial charge in [0.25, 0.3) is 12.3 Å². The topological polar surface area (TPSA) is 157 Å². The third-order valence-electron chi connectivity index (χ3n) is 12.6. The Labute approximate surface area is 344 Å². The largest absolute Gasteiger partial charge is 0.369 e. The average molecular weight is 833 g/mol. The highest BCUT2D eigenvalue weighted by Gasteiger charge is 2.44. The van der Waals surface area contributed by atoms with Gasteiger partial charge in [0.1, 0.15) is 17.2 Å². The number of aromatic nitrogens is 5. The number of unbranched alkanes of at least 4 members (excludes halogenated alkanes) is 1. The first-order chi connectivity index (χ1) is 28.6. The van der Waals surface area contributed by atoms with E-state index in [0.717, 1.165) is 90.1 Å². The number of benzene rings is 1. The third-order valence-corrected chi connectivity index (χ3v) is 12.9. The Balaban J connectivity index is 0.730. The van der Waals surface area contributed by atoms with E-state index in [2.05, 4.69) is 40.4 Å². The molecular formula is C40H47ClF2N12O4. The molecule has 2 N–H and O–H groups in total. The number of imide groups is 1. The third kappa shape index (κ3) is 8.09. The lowest BCUT2D eigenvalue weighted by Gasteiger charge is -2.37. The first-order valence-corrected chi connectivity index (χ1v) is 20.9. The van der Waals surface area contributed by atoms with Crippen LogP contribution in [0.3, 0.4) is 0 Å². The van der Waals surface area contributed by atoms with Crippen LogP contribution < -0.4 is 25.3 Å². The fourth-order valence-electron chi connectivity index (χ4n) is 9.25. The Bertz CT molecular complexity index is 2250. The molecule has 4 aromatic rings. The van der Waals surface area contributed by atoms with Crippen molar-refractivity contribution in [2.75, 3.05) is 85.5 Å². The van der Waals surface area contributed by atoms with Crippen LogP contribution in [0.5, 0.6) is 0 Å². The zero-order valence-corrected chi connectivity index (χ0v) is 33.4. The highest BCUT2D eigenvalue weighted by Crippen LogP contribution is 2.38. The van der Waals surface area contributed by atoms with Crippen molar-refractivity contribution in [3.63, 3.8) is 0 Å². The number of rotatable bonds is 12. The minimum Gasteiger partial charge on any atom is -0.369 e. The number of alkyl halides is 2. The number of nitrogens with zero attached hydrogens (tertiary/aromatic N) is 10. The maximum Gasteiger partial charge on any atom is 0.328 e. The van der Waals surface area contributed by atoms with E-state index in [9.17, 15) is 28.0 Å². The molecule has 19 heteroatoms. The van der Waals surface area contributed by atoms with Crippen molar-refractivity contribution in [1.82, 2.24) is 39.5 Å². The second kappa shape index (κ2) is 16.5. The number of amides is 4. The number of piperazine rings is 1. The van der Waals surface area contributed by atoms with Gasteiger partial charge in [0.2, 0.25) is 5.91 Å². The monoisotopic (exact) mass is 832 g/mol. The Morgan fingerprint density at radius 1 is 0.966 bits per heavy atom. The number of likely N-dealkylation sites (tertiary alicyclic amines) is 1. The lowest BCUT2D eigenvalue weighted by atomic mass is 10.0. The summed E-state index contributed by atoms with van der Waals surface area (Å²) in [6.45, 7) is 8.09. The van der Waals surface area contributed by atoms with Crippen molar-refractivity contribution in [2.24, 2.45) is 5.92 Å². The molecule has 1 saturated carbocycles. The maximum absolute atomic E-state index is 14.2. The van der Waals surface area contributed by atoms with E-state index in [1.165, 1.54) is 21.8 Å². The van der Waals surface area contributed by atoms with Gasteiger partial charge in [0.15, 0.2) is 11.3 Å². The lowest BCUT2D eigenvalue weighted by Crippen LogP contribution is -2.50. The summed E-state index contributed by atoms with van der Waals surface area (Å²) in [5.41, 5.74) is 1.59. The summed E-state index contributed by atoms with van der Waals surface area (Å²) < 4.78 is 31.5. The highest BCUT2D eigenvalue weighted by molar-refractivity contribution is 6.34. The Morgan fingerprint density at radius 2 is 1.73 bits per heavy atom. The van der Waals surface area contributed by atoms with Crippen LogP contribution in [0.25, 0.3) is 5.65 Å². The Morgan fingerprint density at radius 3 is 2.42 bits per heavy atom. The van der Waals surface area contributed by atoms with E-state index >= 15 is 0 Å². The number of nitrogens with one attached hydrogen (secondary N) is 2. The number of hydrogen-bond acceptors (Lipinski definition) is 11. The number of carbonyl (C=O) groups excluding carboxylic acids is 4. The fraction of sp³-hybridized carbons (Fsp3) is 0.525. The van der Waals surface area contributed by atoms with Crippen LogP contribution in [0, 0.1) is 5.92 Å². The molecule has 2 atom stereocenters. The Hall–Kier alpha value is -5.20. The molecule has 4 amide bonds. The van der Waals surface area contributed by atoms with E-state index in [4.69, 9.17) is 16.6 Å². The van der Waals surface area contributed by atoms with Crippen LogP contribution >= 0.6 is 11.6 Å². The summed E-state index contributed by atoms with van der Waals surface area (Å²) >= 11 is 6.45. The number of piperidine rings is 2. The van der Waals surface area contributed by atoms with Crippen LogP contribution in [0.4, 0.5) is 36.5 Å². The SMILES string of the molecule is O=C1CCN(c2cc(N3CCN(CCCCN4CCC(n5cc(NC(=O)c6cnn7ccc(N8C[C@H]9C[C@@H]8CC9=O)nc67)c(C(F)F)n5)CC4)CC3)ccc2Cl)C(=O)N1.